The number of likely N-dealkylation sites (N-methyl/N-ethyl adjacent to an activating group) is 1. The van der Waals surface area contributed by atoms with Crippen molar-refractivity contribution in [1.29, 1.82) is 0 Å². The summed E-state index contributed by atoms with van der Waals surface area (Å²) >= 11 is 0. The Hall–Kier alpha value is -4.45. The molecule has 34 heavy (non-hydrogen) atoms. The largest absolute Gasteiger partial charge is 0.355 e. The number of carbonyl (C=O) groups excluding carboxylic acids is 2. The Kier molecular flexibility index (Phi) is 6.98. The van der Waals surface area contributed by atoms with Crippen molar-refractivity contribution in [1.82, 2.24) is 20.0 Å². The Morgan fingerprint density at radius 2 is 1.59 bits per heavy atom. The molecule has 4 aromatic rings. The predicted octanol–water partition coefficient (Wildman–Crippen LogP) is 4.57. The first kappa shape index (κ1) is 22.7. The van der Waals surface area contributed by atoms with Crippen molar-refractivity contribution in [2.45, 2.75) is 6.54 Å². The molecule has 4 rings (SSSR count). The number of nitrogens with zero attached hydrogens (tertiary/aromatic N) is 3. The monoisotopic (exact) mass is 450 g/mol. The second kappa shape index (κ2) is 10.4. The zero-order valence-corrected chi connectivity index (χ0v) is 19.2. The molecule has 6 heteroatoms. The van der Waals surface area contributed by atoms with E-state index in [1.165, 1.54) is 0 Å². The minimum atomic E-state index is -0.142. The van der Waals surface area contributed by atoms with Gasteiger partial charge in [0.15, 0.2) is 0 Å². The Balaban J connectivity index is 1.53. The summed E-state index contributed by atoms with van der Waals surface area (Å²) < 4.78 is 1.85. The maximum absolute atomic E-state index is 12.8. The maximum Gasteiger partial charge on any atom is 0.251 e. The standard InChI is InChI=1S/C28H26N4O2/c1-29-28(34)23-16-13-21(14-17-23)15-18-26(33)31(2)19-24-20-32(25-11-7-4-8-12-25)30-27(24)22-9-5-3-6-10-22/h3-18,20H,19H2,1-2H3,(H,29,34). The van der Waals surface area contributed by atoms with Crippen LogP contribution in [-0.4, -0.2) is 40.6 Å². The van der Waals surface area contributed by atoms with Crippen LogP contribution in [0.4, 0.5) is 0 Å². The lowest BCUT2D eigenvalue weighted by Gasteiger charge is -2.15. The number of aromatic nitrogens is 2. The highest BCUT2D eigenvalue weighted by atomic mass is 16.2. The Morgan fingerprint density at radius 3 is 2.24 bits per heavy atom. The molecule has 0 fully saturated rings. The fourth-order valence-corrected chi connectivity index (χ4v) is 3.60. The molecule has 2 amide bonds. The number of benzene rings is 3. The third-order valence-corrected chi connectivity index (χ3v) is 5.46. The van der Waals surface area contributed by atoms with Crippen molar-refractivity contribution in [3.05, 3.63) is 114 Å². The fourth-order valence-electron chi connectivity index (χ4n) is 3.60. The topological polar surface area (TPSA) is 67.2 Å². The van der Waals surface area contributed by atoms with E-state index in [0.29, 0.717) is 12.1 Å². The van der Waals surface area contributed by atoms with Gasteiger partial charge in [-0.15, -0.1) is 0 Å². The summed E-state index contributed by atoms with van der Waals surface area (Å²) in [6.07, 6.45) is 5.26. The van der Waals surface area contributed by atoms with Crippen molar-refractivity contribution in [2.75, 3.05) is 14.1 Å². The van der Waals surface area contributed by atoms with Gasteiger partial charge in [-0.1, -0.05) is 60.7 Å². The molecule has 0 saturated carbocycles. The van der Waals surface area contributed by atoms with Crippen molar-refractivity contribution in [3.63, 3.8) is 0 Å². The van der Waals surface area contributed by atoms with Crippen LogP contribution in [0.2, 0.25) is 0 Å². The van der Waals surface area contributed by atoms with E-state index in [4.69, 9.17) is 5.10 Å². The Bertz CT molecular complexity index is 1290. The minimum absolute atomic E-state index is 0.123. The first-order valence-electron chi connectivity index (χ1n) is 11.0. The molecule has 0 aliphatic rings. The number of amides is 2. The van der Waals surface area contributed by atoms with Crippen LogP contribution in [0.1, 0.15) is 21.5 Å². The summed E-state index contributed by atoms with van der Waals surface area (Å²) in [5.41, 5.74) is 5.18. The first-order valence-corrected chi connectivity index (χ1v) is 11.0. The highest BCUT2D eigenvalue weighted by Crippen LogP contribution is 2.24. The number of hydrogen-bond donors (Lipinski definition) is 1. The molecule has 1 N–H and O–H groups in total. The van der Waals surface area contributed by atoms with E-state index in [0.717, 1.165) is 28.1 Å². The zero-order chi connectivity index (χ0) is 23.9. The molecule has 0 aliphatic heterocycles. The molecule has 0 aliphatic carbocycles. The molecule has 6 nitrogen and oxygen atoms in total. The van der Waals surface area contributed by atoms with E-state index in [2.05, 4.69) is 5.32 Å². The molecule has 0 spiro atoms. The molecule has 170 valence electrons. The van der Waals surface area contributed by atoms with Gasteiger partial charge < -0.3 is 10.2 Å². The lowest BCUT2D eigenvalue weighted by atomic mass is 10.1. The smallest absolute Gasteiger partial charge is 0.251 e. The minimum Gasteiger partial charge on any atom is -0.355 e. The Labute approximate surface area is 199 Å². The van der Waals surface area contributed by atoms with Gasteiger partial charge >= 0.3 is 0 Å². The van der Waals surface area contributed by atoms with Crippen LogP contribution in [0.5, 0.6) is 0 Å². The van der Waals surface area contributed by atoms with Gasteiger partial charge in [-0.25, -0.2) is 4.68 Å². The van der Waals surface area contributed by atoms with E-state index in [-0.39, 0.29) is 11.8 Å². The molecule has 1 aromatic heterocycles. The quantitative estimate of drug-likeness (QED) is 0.420. The number of para-hydroxylation sites is 1. The number of rotatable bonds is 7. The molecule has 3 aromatic carbocycles. The van der Waals surface area contributed by atoms with E-state index < -0.39 is 0 Å². The maximum atomic E-state index is 12.8. The summed E-state index contributed by atoms with van der Waals surface area (Å²) in [5.74, 6) is -0.265. The van der Waals surface area contributed by atoms with Crippen molar-refractivity contribution in [3.8, 4) is 16.9 Å². The van der Waals surface area contributed by atoms with Crippen LogP contribution in [0.3, 0.4) is 0 Å². The van der Waals surface area contributed by atoms with Crippen LogP contribution in [0.15, 0.2) is 97.2 Å². The predicted molar refractivity (Wildman–Crippen MR) is 134 cm³/mol. The zero-order valence-electron chi connectivity index (χ0n) is 19.2. The van der Waals surface area contributed by atoms with Gasteiger partial charge in [-0.2, -0.15) is 5.10 Å². The molecule has 0 unspecified atom stereocenters. The van der Waals surface area contributed by atoms with Gasteiger partial charge in [0.1, 0.15) is 0 Å². The van der Waals surface area contributed by atoms with Crippen LogP contribution in [-0.2, 0) is 11.3 Å². The van der Waals surface area contributed by atoms with Crippen LogP contribution < -0.4 is 5.32 Å². The number of hydrogen-bond acceptors (Lipinski definition) is 3. The number of nitrogens with one attached hydrogen (secondary N) is 1. The van der Waals surface area contributed by atoms with Crippen molar-refractivity contribution >= 4 is 17.9 Å². The second-order valence-corrected chi connectivity index (χ2v) is 7.88. The molecule has 0 radical (unpaired) electrons. The van der Waals surface area contributed by atoms with Crippen molar-refractivity contribution < 1.29 is 9.59 Å². The lowest BCUT2D eigenvalue weighted by Crippen LogP contribution is -2.24. The van der Waals surface area contributed by atoms with Gasteiger partial charge in [-0.3, -0.25) is 9.59 Å². The van der Waals surface area contributed by atoms with Gasteiger partial charge in [-0.05, 0) is 35.9 Å². The fraction of sp³-hybridized carbons (Fsp3) is 0.107. The first-order chi connectivity index (χ1) is 16.5. The summed E-state index contributed by atoms with van der Waals surface area (Å²) in [4.78, 5) is 26.2. The van der Waals surface area contributed by atoms with E-state index in [9.17, 15) is 9.59 Å². The van der Waals surface area contributed by atoms with Crippen LogP contribution in [0.25, 0.3) is 23.0 Å². The average Bonchev–Trinajstić information content (AvgIpc) is 3.31. The second-order valence-electron chi connectivity index (χ2n) is 7.88. The van der Waals surface area contributed by atoms with Gasteiger partial charge in [0.25, 0.3) is 5.91 Å². The molecular weight excluding hydrogens is 424 g/mol. The van der Waals surface area contributed by atoms with E-state index in [1.807, 2.05) is 83.7 Å². The summed E-state index contributed by atoms with van der Waals surface area (Å²) in [6, 6.07) is 27.0. The molecule has 0 atom stereocenters. The van der Waals surface area contributed by atoms with Crippen molar-refractivity contribution in [2.24, 2.45) is 0 Å². The summed E-state index contributed by atoms with van der Waals surface area (Å²) in [6.45, 7) is 0.413. The molecule has 0 bridgehead atoms. The third-order valence-electron chi connectivity index (χ3n) is 5.46. The Morgan fingerprint density at radius 1 is 0.941 bits per heavy atom. The molecular formula is C28H26N4O2. The normalized spacial score (nSPS) is 10.9. The SMILES string of the molecule is CNC(=O)c1ccc(C=CC(=O)N(C)Cc2cn(-c3ccccc3)nc2-c2ccccc2)cc1. The highest BCUT2D eigenvalue weighted by Gasteiger charge is 2.15. The number of carbonyl (C=O) groups is 2. The highest BCUT2D eigenvalue weighted by molar-refractivity contribution is 5.94. The van der Waals surface area contributed by atoms with Crippen LogP contribution >= 0.6 is 0 Å². The van der Waals surface area contributed by atoms with Crippen LogP contribution in [0, 0.1) is 0 Å². The van der Waals surface area contributed by atoms with Gasteiger partial charge in [0.2, 0.25) is 5.91 Å². The molecule has 0 saturated heterocycles. The van der Waals surface area contributed by atoms with E-state index in [1.54, 1.807) is 43.3 Å². The summed E-state index contributed by atoms with van der Waals surface area (Å²) in [5, 5.41) is 7.41. The summed E-state index contributed by atoms with van der Waals surface area (Å²) in [7, 11) is 3.37. The third kappa shape index (κ3) is 5.30. The van der Waals surface area contributed by atoms with Gasteiger partial charge in [0, 0.05) is 49.6 Å². The van der Waals surface area contributed by atoms with Gasteiger partial charge in [0.05, 0.1) is 11.4 Å². The van der Waals surface area contributed by atoms with E-state index >= 15 is 0 Å². The lowest BCUT2D eigenvalue weighted by molar-refractivity contribution is -0.125. The average molecular weight is 451 g/mol. The molecule has 1 heterocycles.